The monoisotopic (exact) mass is 448 g/mol. The summed E-state index contributed by atoms with van der Waals surface area (Å²) in [6, 6.07) is 17.6. The van der Waals surface area contributed by atoms with E-state index in [1.165, 1.54) is 29.2 Å². The Hall–Kier alpha value is -4.20. The Balaban J connectivity index is 1.49. The number of hydrogen-bond donors (Lipinski definition) is 1. The molecule has 0 radical (unpaired) electrons. The number of nitrogens with one attached hydrogen (secondary N) is 1. The van der Waals surface area contributed by atoms with Crippen LogP contribution in [-0.2, 0) is 9.59 Å². The topological polar surface area (TPSA) is 84.9 Å². The van der Waals surface area contributed by atoms with Gasteiger partial charge in [0.1, 0.15) is 23.9 Å². The van der Waals surface area contributed by atoms with Gasteiger partial charge in [0.25, 0.3) is 5.91 Å². The fourth-order valence-electron chi connectivity index (χ4n) is 3.42. The molecule has 0 saturated heterocycles. The Morgan fingerprint density at radius 2 is 1.88 bits per heavy atom. The number of aryl methyl sites for hydroxylation is 1. The Morgan fingerprint density at radius 3 is 2.64 bits per heavy atom. The van der Waals surface area contributed by atoms with Crippen molar-refractivity contribution in [1.82, 2.24) is 0 Å². The van der Waals surface area contributed by atoms with Crippen LogP contribution in [0.1, 0.15) is 15.9 Å². The van der Waals surface area contributed by atoms with Crippen molar-refractivity contribution in [2.45, 2.75) is 6.92 Å². The number of ketones is 1. The lowest BCUT2D eigenvalue weighted by molar-refractivity contribution is -0.123. The zero-order chi connectivity index (χ0) is 23.4. The van der Waals surface area contributed by atoms with Crippen molar-refractivity contribution in [3.05, 3.63) is 83.7 Å². The van der Waals surface area contributed by atoms with Crippen molar-refractivity contribution in [1.29, 1.82) is 0 Å². The van der Waals surface area contributed by atoms with Gasteiger partial charge in [-0.3, -0.25) is 19.3 Å². The van der Waals surface area contributed by atoms with Gasteiger partial charge in [0.2, 0.25) is 5.91 Å². The first-order valence-corrected chi connectivity index (χ1v) is 10.2. The summed E-state index contributed by atoms with van der Waals surface area (Å²) in [7, 11) is 0. The van der Waals surface area contributed by atoms with Crippen molar-refractivity contribution in [2.24, 2.45) is 0 Å². The molecule has 2 amide bonds. The molecule has 0 aromatic heterocycles. The second-order valence-corrected chi connectivity index (χ2v) is 7.49. The molecule has 1 N–H and O–H groups in total. The maximum Gasteiger partial charge on any atom is 0.265 e. The maximum atomic E-state index is 13.3. The van der Waals surface area contributed by atoms with Crippen LogP contribution < -0.4 is 19.7 Å². The molecule has 0 fully saturated rings. The average Bonchev–Trinajstić information content (AvgIpc) is 2.80. The highest BCUT2D eigenvalue weighted by Gasteiger charge is 2.28. The molecular formula is C25H21FN2O5. The van der Waals surface area contributed by atoms with Crippen LogP contribution in [0, 0.1) is 12.7 Å². The molecule has 0 bridgehead atoms. The fraction of sp³-hybridized carbons (Fsp3) is 0.160. The smallest absolute Gasteiger partial charge is 0.265 e. The molecule has 168 valence electrons. The van der Waals surface area contributed by atoms with Gasteiger partial charge in [-0.25, -0.2) is 4.39 Å². The number of carbonyl (C=O) groups is 3. The van der Waals surface area contributed by atoms with Crippen LogP contribution in [0.2, 0.25) is 0 Å². The summed E-state index contributed by atoms with van der Waals surface area (Å²) in [6.45, 7) is 0.983. The number of Topliss-reactive ketones (excluding diaryl/α,β-unsaturated/α-hetero) is 1. The summed E-state index contributed by atoms with van der Waals surface area (Å²) in [5.41, 5.74) is 1.81. The van der Waals surface area contributed by atoms with Crippen LogP contribution in [0.25, 0.3) is 0 Å². The van der Waals surface area contributed by atoms with Gasteiger partial charge in [-0.2, -0.15) is 0 Å². The number of rotatable bonds is 7. The average molecular weight is 448 g/mol. The van der Waals surface area contributed by atoms with Crippen molar-refractivity contribution < 1.29 is 28.2 Å². The molecule has 3 aromatic carbocycles. The number of ether oxygens (including phenoxy) is 2. The zero-order valence-corrected chi connectivity index (χ0v) is 17.8. The fourth-order valence-corrected chi connectivity index (χ4v) is 3.42. The molecule has 0 aliphatic carbocycles. The normalized spacial score (nSPS) is 12.5. The first kappa shape index (κ1) is 22.0. The van der Waals surface area contributed by atoms with Crippen molar-refractivity contribution in [3.63, 3.8) is 0 Å². The molecule has 0 unspecified atom stereocenters. The van der Waals surface area contributed by atoms with E-state index in [0.717, 1.165) is 0 Å². The van der Waals surface area contributed by atoms with Gasteiger partial charge in [-0.05, 0) is 61.0 Å². The molecule has 1 aliphatic rings. The Morgan fingerprint density at radius 1 is 1.09 bits per heavy atom. The van der Waals surface area contributed by atoms with Gasteiger partial charge < -0.3 is 14.8 Å². The molecular weight excluding hydrogens is 427 g/mol. The molecule has 0 saturated carbocycles. The third-order valence-corrected chi connectivity index (χ3v) is 5.08. The molecule has 4 rings (SSSR count). The summed E-state index contributed by atoms with van der Waals surface area (Å²) < 4.78 is 24.3. The highest BCUT2D eigenvalue weighted by molar-refractivity contribution is 6.06. The minimum absolute atomic E-state index is 0.203. The molecule has 7 nitrogen and oxygen atoms in total. The van der Waals surface area contributed by atoms with Gasteiger partial charge >= 0.3 is 0 Å². The summed E-state index contributed by atoms with van der Waals surface area (Å²) >= 11 is 0. The minimum Gasteiger partial charge on any atom is -0.485 e. The lowest BCUT2D eigenvalue weighted by atomic mass is 10.1. The Kier molecular flexibility index (Phi) is 6.35. The number of anilines is 2. The number of carbonyl (C=O) groups excluding carboxylic acids is 3. The zero-order valence-electron chi connectivity index (χ0n) is 17.8. The second kappa shape index (κ2) is 9.52. The van der Waals surface area contributed by atoms with E-state index in [0.29, 0.717) is 34.0 Å². The summed E-state index contributed by atoms with van der Waals surface area (Å²) in [4.78, 5) is 39.0. The standard InChI is InChI=1S/C25H21FN2O5/c1-16-11-18(26)8-10-22(16)32-14-21(29)17-7-9-23-20(12-17)28(25(31)15-33-23)13-24(30)27-19-5-3-2-4-6-19/h2-12H,13-15H2,1H3,(H,27,30). The van der Waals surface area contributed by atoms with Crippen molar-refractivity contribution in [2.75, 3.05) is 30.0 Å². The van der Waals surface area contributed by atoms with E-state index in [2.05, 4.69) is 5.32 Å². The number of nitrogens with zero attached hydrogens (tertiary/aromatic N) is 1. The highest BCUT2D eigenvalue weighted by atomic mass is 19.1. The van der Waals surface area contributed by atoms with Gasteiger partial charge in [0, 0.05) is 11.3 Å². The summed E-state index contributed by atoms with van der Waals surface area (Å²) in [6.07, 6.45) is 0. The van der Waals surface area contributed by atoms with E-state index in [4.69, 9.17) is 9.47 Å². The van der Waals surface area contributed by atoms with Gasteiger partial charge in [-0.15, -0.1) is 0 Å². The van der Waals surface area contributed by atoms with E-state index < -0.39 is 5.91 Å². The lowest BCUT2D eigenvalue weighted by Crippen LogP contribution is -2.43. The van der Waals surface area contributed by atoms with Crippen LogP contribution in [-0.4, -0.2) is 37.4 Å². The third kappa shape index (κ3) is 5.17. The Labute approximate surface area is 189 Å². The van der Waals surface area contributed by atoms with Crippen LogP contribution >= 0.6 is 0 Å². The molecule has 0 atom stereocenters. The van der Waals surface area contributed by atoms with Crippen LogP contribution in [0.4, 0.5) is 15.8 Å². The van der Waals surface area contributed by atoms with E-state index in [1.54, 1.807) is 43.3 Å². The molecule has 33 heavy (non-hydrogen) atoms. The largest absolute Gasteiger partial charge is 0.485 e. The minimum atomic E-state index is -0.395. The van der Waals surface area contributed by atoms with Crippen LogP contribution in [0.3, 0.4) is 0 Å². The maximum absolute atomic E-state index is 13.3. The predicted molar refractivity (Wildman–Crippen MR) is 120 cm³/mol. The highest BCUT2D eigenvalue weighted by Crippen LogP contribution is 2.33. The third-order valence-electron chi connectivity index (χ3n) is 5.08. The molecule has 1 heterocycles. The first-order chi connectivity index (χ1) is 15.9. The van der Waals surface area contributed by atoms with Crippen LogP contribution in [0.5, 0.6) is 11.5 Å². The van der Waals surface area contributed by atoms with Crippen molar-refractivity contribution >= 4 is 29.0 Å². The summed E-state index contributed by atoms with van der Waals surface area (Å²) in [5, 5.41) is 2.74. The van der Waals surface area contributed by atoms with Gasteiger partial charge in [-0.1, -0.05) is 18.2 Å². The summed E-state index contributed by atoms with van der Waals surface area (Å²) in [5.74, 6) is -0.702. The lowest BCUT2D eigenvalue weighted by Gasteiger charge is -2.29. The van der Waals surface area contributed by atoms with E-state index in [9.17, 15) is 18.8 Å². The second-order valence-electron chi connectivity index (χ2n) is 7.49. The first-order valence-electron chi connectivity index (χ1n) is 10.2. The quantitative estimate of drug-likeness (QED) is 0.557. The van der Waals surface area contributed by atoms with E-state index >= 15 is 0 Å². The number of hydrogen-bond acceptors (Lipinski definition) is 5. The molecule has 1 aliphatic heterocycles. The molecule has 3 aromatic rings. The van der Waals surface area contributed by atoms with E-state index in [-0.39, 0.29) is 37.3 Å². The predicted octanol–water partition coefficient (Wildman–Crippen LogP) is 3.76. The SMILES string of the molecule is Cc1cc(F)ccc1OCC(=O)c1ccc2c(c1)N(CC(=O)Nc1ccccc1)C(=O)CO2. The number of halogens is 1. The van der Waals surface area contributed by atoms with Gasteiger partial charge in [0.15, 0.2) is 19.0 Å². The molecule has 8 heteroatoms. The molecule has 0 spiro atoms. The number of para-hydroxylation sites is 1. The van der Waals surface area contributed by atoms with Crippen LogP contribution in [0.15, 0.2) is 66.7 Å². The Bertz CT molecular complexity index is 1210. The van der Waals surface area contributed by atoms with E-state index in [1.807, 2.05) is 6.07 Å². The number of benzene rings is 3. The van der Waals surface area contributed by atoms with Gasteiger partial charge in [0.05, 0.1) is 5.69 Å². The van der Waals surface area contributed by atoms with Crippen molar-refractivity contribution in [3.8, 4) is 11.5 Å². The number of amides is 2. The number of fused-ring (bicyclic) bond motifs is 1.